The zero-order valence-corrected chi connectivity index (χ0v) is 23.8. The number of para-hydroxylation sites is 1. The van der Waals surface area contributed by atoms with Crippen molar-refractivity contribution in [2.45, 2.75) is 41.5 Å². The van der Waals surface area contributed by atoms with Crippen molar-refractivity contribution in [1.29, 1.82) is 0 Å². The molecule has 1 saturated heterocycles. The number of methoxy groups -OCH3 is 1. The molecule has 206 valence electrons. The van der Waals surface area contributed by atoms with Crippen LogP contribution in [0.25, 0.3) is 6.08 Å². The second kappa shape index (κ2) is 13.4. The van der Waals surface area contributed by atoms with Gasteiger partial charge in [-0.15, -0.1) is 0 Å². The van der Waals surface area contributed by atoms with Crippen molar-refractivity contribution in [3.05, 3.63) is 70.2 Å². The molecule has 7 nitrogen and oxygen atoms in total. The lowest BCUT2D eigenvalue weighted by atomic mass is 9.82. The van der Waals surface area contributed by atoms with E-state index in [-0.39, 0.29) is 17.9 Å². The average molecular weight is 590 g/mol. The highest BCUT2D eigenvalue weighted by Gasteiger charge is 2.35. The van der Waals surface area contributed by atoms with E-state index >= 15 is 0 Å². The number of allylic oxidation sites excluding steroid dienone is 2. The van der Waals surface area contributed by atoms with Crippen LogP contribution in [0.2, 0.25) is 10.0 Å². The molecule has 0 bridgehead atoms. The van der Waals surface area contributed by atoms with Crippen molar-refractivity contribution < 1.29 is 24.2 Å². The summed E-state index contributed by atoms with van der Waals surface area (Å²) in [5.41, 5.74) is 0.635. The van der Waals surface area contributed by atoms with Crippen LogP contribution >= 0.6 is 35.0 Å². The SMILES string of the molecule is COc1ccccc1Sc1ccc(C=CC(=O)N2CCC(NC(=O)[C@H]3CC=CC[C@H]3C(=O)O)CC2)c(Cl)c1Cl. The largest absolute Gasteiger partial charge is 0.496 e. The van der Waals surface area contributed by atoms with Crippen LogP contribution in [0.3, 0.4) is 0 Å². The minimum atomic E-state index is -0.946. The fourth-order valence-electron chi connectivity index (χ4n) is 4.77. The Balaban J connectivity index is 1.31. The Morgan fingerprint density at radius 2 is 1.69 bits per heavy atom. The second-order valence-corrected chi connectivity index (χ2v) is 11.3. The van der Waals surface area contributed by atoms with Crippen LogP contribution in [0.15, 0.2) is 64.4 Å². The molecule has 1 aliphatic carbocycles. The fraction of sp³-hybridized carbons (Fsp3) is 0.345. The van der Waals surface area contributed by atoms with E-state index < -0.39 is 17.8 Å². The number of halogens is 2. The Morgan fingerprint density at radius 1 is 1.00 bits per heavy atom. The van der Waals surface area contributed by atoms with E-state index in [0.29, 0.717) is 54.4 Å². The molecule has 2 N–H and O–H groups in total. The number of amides is 2. The van der Waals surface area contributed by atoms with Gasteiger partial charge in [0.1, 0.15) is 5.75 Å². The van der Waals surface area contributed by atoms with Crippen molar-refractivity contribution in [3.63, 3.8) is 0 Å². The zero-order chi connectivity index (χ0) is 27.9. The molecule has 2 aromatic rings. The molecular formula is C29H30Cl2N2O5S. The fourth-order valence-corrected chi connectivity index (χ4v) is 6.31. The molecule has 39 heavy (non-hydrogen) atoms. The van der Waals surface area contributed by atoms with Crippen LogP contribution in [0.1, 0.15) is 31.2 Å². The Kier molecular flexibility index (Phi) is 9.99. The lowest BCUT2D eigenvalue weighted by Crippen LogP contribution is -2.49. The summed E-state index contributed by atoms with van der Waals surface area (Å²) in [6, 6.07) is 11.2. The Morgan fingerprint density at radius 3 is 2.38 bits per heavy atom. The molecular weight excluding hydrogens is 559 g/mol. The molecule has 0 radical (unpaired) electrons. The maximum absolute atomic E-state index is 12.8. The van der Waals surface area contributed by atoms with E-state index in [1.54, 1.807) is 18.1 Å². The maximum atomic E-state index is 12.8. The van der Waals surface area contributed by atoms with Crippen LogP contribution in [0.5, 0.6) is 5.75 Å². The monoisotopic (exact) mass is 588 g/mol. The van der Waals surface area contributed by atoms with Gasteiger partial charge in [-0.05, 0) is 55.5 Å². The first-order valence-corrected chi connectivity index (χ1v) is 14.3. The topological polar surface area (TPSA) is 95.9 Å². The van der Waals surface area contributed by atoms with Gasteiger partial charge in [-0.3, -0.25) is 14.4 Å². The van der Waals surface area contributed by atoms with E-state index in [1.165, 1.54) is 17.8 Å². The van der Waals surface area contributed by atoms with Gasteiger partial charge in [0.05, 0.1) is 33.9 Å². The number of carbonyl (C=O) groups is 3. The van der Waals surface area contributed by atoms with Gasteiger partial charge in [0.25, 0.3) is 0 Å². The van der Waals surface area contributed by atoms with Gasteiger partial charge < -0.3 is 20.1 Å². The molecule has 2 aromatic carbocycles. The van der Waals surface area contributed by atoms with Crippen molar-refractivity contribution in [3.8, 4) is 5.75 Å². The summed E-state index contributed by atoms with van der Waals surface area (Å²) in [5.74, 6) is -1.85. The van der Waals surface area contributed by atoms with Crippen LogP contribution in [-0.4, -0.2) is 54.0 Å². The van der Waals surface area contributed by atoms with Crippen molar-refractivity contribution in [1.82, 2.24) is 10.2 Å². The molecule has 0 saturated carbocycles. The lowest BCUT2D eigenvalue weighted by molar-refractivity contribution is -0.147. The third-order valence-electron chi connectivity index (χ3n) is 7.01. The molecule has 2 aliphatic rings. The highest BCUT2D eigenvalue weighted by Crippen LogP contribution is 2.42. The number of hydrogen-bond acceptors (Lipinski definition) is 5. The Bertz CT molecular complexity index is 1290. The third-order valence-corrected chi connectivity index (χ3v) is 9.14. The number of benzene rings is 2. The highest BCUT2D eigenvalue weighted by atomic mass is 35.5. The van der Waals surface area contributed by atoms with Crippen LogP contribution in [0, 0.1) is 11.8 Å². The number of ether oxygens (including phenoxy) is 1. The quantitative estimate of drug-likeness (QED) is 0.292. The van der Waals surface area contributed by atoms with Gasteiger partial charge in [-0.1, -0.05) is 65.3 Å². The number of carboxylic acids is 1. The first-order chi connectivity index (χ1) is 18.8. The predicted molar refractivity (Wildman–Crippen MR) is 153 cm³/mol. The first-order valence-electron chi connectivity index (χ1n) is 12.7. The number of carboxylic acid groups (broad SMARTS) is 1. The first kappa shape index (κ1) is 29.1. The zero-order valence-electron chi connectivity index (χ0n) is 21.4. The number of likely N-dealkylation sites (tertiary alicyclic amines) is 1. The van der Waals surface area contributed by atoms with Gasteiger partial charge in [0.15, 0.2) is 0 Å². The highest BCUT2D eigenvalue weighted by molar-refractivity contribution is 7.99. The summed E-state index contributed by atoms with van der Waals surface area (Å²) in [6.45, 7) is 0.980. The Labute approximate surface area is 242 Å². The molecule has 0 unspecified atom stereocenters. The minimum absolute atomic E-state index is 0.0904. The van der Waals surface area contributed by atoms with Gasteiger partial charge in [-0.25, -0.2) is 0 Å². The second-order valence-electron chi connectivity index (χ2n) is 9.47. The van der Waals surface area contributed by atoms with Gasteiger partial charge in [0.2, 0.25) is 11.8 Å². The molecule has 10 heteroatoms. The molecule has 0 spiro atoms. The predicted octanol–water partition coefficient (Wildman–Crippen LogP) is 5.94. The van der Waals surface area contributed by atoms with Crippen LogP contribution in [-0.2, 0) is 14.4 Å². The van der Waals surface area contributed by atoms with E-state index in [4.69, 9.17) is 27.9 Å². The van der Waals surface area contributed by atoms with Crippen LogP contribution in [0.4, 0.5) is 0 Å². The smallest absolute Gasteiger partial charge is 0.307 e. The molecule has 2 atom stereocenters. The molecule has 1 aliphatic heterocycles. The molecule has 2 amide bonds. The summed E-state index contributed by atoms with van der Waals surface area (Å²) < 4.78 is 5.41. The third kappa shape index (κ3) is 7.18. The average Bonchev–Trinajstić information content (AvgIpc) is 2.95. The number of hydrogen-bond donors (Lipinski definition) is 2. The summed E-state index contributed by atoms with van der Waals surface area (Å²) in [6.07, 6.45) is 8.82. The summed E-state index contributed by atoms with van der Waals surface area (Å²) >= 11 is 14.5. The summed E-state index contributed by atoms with van der Waals surface area (Å²) in [5, 5.41) is 13.2. The van der Waals surface area contributed by atoms with Crippen molar-refractivity contribution in [2.75, 3.05) is 20.2 Å². The van der Waals surface area contributed by atoms with Gasteiger partial charge >= 0.3 is 5.97 Å². The number of nitrogens with zero attached hydrogens (tertiary/aromatic N) is 1. The minimum Gasteiger partial charge on any atom is -0.496 e. The number of aliphatic carboxylic acids is 1. The number of rotatable bonds is 8. The summed E-state index contributed by atoms with van der Waals surface area (Å²) in [4.78, 5) is 40.5. The van der Waals surface area contributed by atoms with E-state index in [9.17, 15) is 19.5 Å². The van der Waals surface area contributed by atoms with E-state index in [2.05, 4.69) is 5.32 Å². The lowest BCUT2D eigenvalue weighted by Gasteiger charge is -2.33. The molecule has 0 aromatic heterocycles. The summed E-state index contributed by atoms with van der Waals surface area (Å²) in [7, 11) is 1.61. The molecule has 1 heterocycles. The number of piperidine rings is 1. The number of carbonyl (C=O) groups excluding carboxylic acids is 2. The van der Waals surface area contributed by atoms with Gasteiger partial charge in [-0.2, -0.15) is 0 Å². The van der Waals surface area contributed by atoms with E-state index in [0.717, 1.165) is 15.5 Å². The molecule has 1 fully saturated rings. The molecule has 4 rings (SSSR count). The number of nitrogens with one attached hydrogen (secondary N) is 1. The Hall–Kier alpha value is -2.94. The standard InChI is InChI=1S/C29H30Cl2N2O5S/c1-38-22-8-4-5-9-23(22)39-24-12-10-18(26(30)27(24)31)11-13-25(34)33-16-14-19(15-17-33)32-28(35)20-6-2-3-7-21(20)29(36)37/h2-5,8-13,19-21H,6-7,14-17H2,1H3,(H,32,35)(H,36,37)/t20-,21+/m0/s1. The van der Waals surface area contributed by atoms with Crippen molar-refractivity contribution in [2.24, 2.45) is 11.8 Å². The maximum Gasteiger partial charge on any atom is 0.307 e. The van der Waals surface area contributed by atoms with Gasteiger partial charge in [0, 0.05) is 30.1 Å². The normalized spacial score (nSPS) is 19.7. The van der Waals surface area contributed by atoms with E-state index in [1.807, 2.05) is 48.6 Å². The van der Waals surface area contributed by atoms with Crippen molar-refractivity contribution >= 4 is 58.8 Å². The van der Waals surface area contributed by atoms with Crippen LogP contribution < -0.4 is 10.1 Å².